The fourth-order valence-electron chi connectivity index (χ4n) is 4.21. The van der Waals surface area contributed by atoms with Gasteiger partial charge < -0.3 is 9.97 Å². The van der Waals surface area contributed by atoms with Crippen LogP contribution in [-0.2, 0) is 23.3 Å². The number of nitrogens with zero attached hydrogens (tertiary/aromatic N) is 2. The van der Waals surface area contributed by atoms with Crippen molar-refractivity contribution in [2.24, 2.45) is 0 Å². The van der Waals surface area contributed by atoms with Crippen molar-refractivity contribution in [3.05, 3.63) is 121 Å². The molecule has 36 heavy (non-hydrogen) atoms. The summed E-state index contributed by atoms with van der Waals surface area (Å²) in [6.07, 6.45) is 0. The van der Waals surface area contributed by atoms with E-state index in [4.69, 9.17) is 0 Å². The van der Waals surface area contributed by atoms with E-state index in [1.165, 1.54) is 33.0 Å². The predicted molar refractivity (Wildman–Crippen MR) is 152 cm³/mol. The molecule has 4 heteroatoms. The summed E-state index contributed by atoms with van der Waals surface area (Å²) in [5.74, 6) is 0. The Kier molecular flexibility index (Phi) is 8.96. The quantitative estimate of drug-likeness (QED) is 0.199. The van der Waals surface area contributed by atoms with E-state index in [9.17, 15) is 0 Å². The summed E-state index contributed by atoms with van der Waals surface area (Å²) in [7, 11) is 0. The van der Waals surface area contributed by atoms with Crippen LogP contribution in [0, 0.1) is 13.8 Å². The second kappa shape index (κ2) is 12.3. The molecule has 4 aromatic carbocycles. The maximum absolute atomic E-state index is 4.50. The molecule has 6 aromatic rings. The minimum Gasteiger partial charge on any atom is -0.661 e. The van der Waals surface area contributed by atoms with Gasteiger partial charge in [-0.15, -0.1) is 11.0 Å². The number of aromatic nitrogens is 2. The summed E-state index contributed by atoms with van der Waals surface area (Å²) in [5, 5.41) is 2.48. The van der Waals surface area contributed by atoms with Crippen LogP contribution in [0.5, 0.6) is 0 Å². The molecule has 0 atom stereocenters. The van der Waals surface area contributed by atoms with E-state index < -0.39 is 0 Å². The maximum atomic E-state index is 4.50. The Balaban J connectivity index is 0.000000148. The van der Waals surface area contributed by atoms with Gasteiger partial charge >= 0.3 is 41.9 Å². The van der Waals surface area contributed by atoms with Crippen molar-refractivity contribution in [3.8, 4) is 22.3 Å². The number of fused-ring (bicyclic) bond motifs is 2. The van der Waals surface area contributed by atoms with E-state index in [1.54, 1.807) is 23.3 Å². The van der Waals surface area contributed by atoms with E-state index >= 15 is 0 Å². The molecule has 0 amide bonds. The van der Waals surface area contributed by atoms with Crippen molar-refractivity contribution in [1.82, 2.24) is 9.97 Å². The van der Waals surface area contributed by atoms with Crippen molar-refractivity contribution in [2.75, 3.05) is 0 Å². The smallest absolute Gasteiger partial charge is 0.0124 e. The summed E-state index contributed by atoms with van der Waals surface area (Å²) in [5.41, 5.74) is 9.56. The summed E-state index contributed by atoms with van der Waals surface area (Å²) >= 11 is 1.74. The molecule has 0 aliphatic carbocycles. The van der Waals surface area contributed by atoms with Gasteiger partial charge in [-0.25, -0.2) is 0 Å². The standard InChI is InChI=1S/2C15H12N.C2H6Si.Zr/c2*1-11-10-14-13(8-5-9-15(14)16-11)12-6-3-2-4-7-12;1-3-2;/h2*2-10H,1H3;1-2H3;/q2*-1;;+2. The first-order valence-corrected chi connectivity index (χ1v) is 18.3. The van der Waals surface area contributed by atoms with Crippen LogP contribution in [0.4, 0.5) is 0 Å². The second-order valence-electron chi connectivity index (χ2n) is 9.00. The molecule has 0 aliphatic heterocycles. The van der Waals surface area contributed by atoms with Gasteiger partial charge in [-0.2, -0.15) is 11.4 Å². The normalized spacial score (nSPS) is 10.4. The summed E-state index contributed by atoms with van der Waals surface area (Å²) < 4.78 is 0. The Bertz CT molecular complexity index is 1460. The molecule has 2 aromatic heterocycles. The second-order valence-corrected chi connectivity index (χ2v) is 18.4. The molecule has 2 heterocycles. The Labute approximate surface area is 229 Å². The maximum Gasteiger partial charge on any atom is -0.0124 e. The third-order valence-corrected chi connectivity index (χ3v) is 5.64. The largest absolute Gasteiger partial charge is 0.661 e. The molecule has 176 valence electrons. The van der Waals surface area contributed by atoms with Crippen LogP contribution in [0.3, 0.4) is 0 Å². The number of hydrogen-bond acceptors (Lipinski definition) is 0. The third kappa shape index (κ3) is 6.63. The average molecular weight is 562 g/mol. The van der Waals surface area contributed by atoms with Crippen LogP contribution in [0.25, 0.3) is 44.1 Å². The summed E-state index contributed by atoms with van der Waals surface area (Å²) in [6, 6.07) is 37.8. The van der Waals surface area contributed by atoms with Gasteiger partial charge in [-0.1, -0.05) is 123 Å². The first-order valence-electron chi connectivity index (χ1n) is 12.1. The predicted octanol–water partition coefficient (Wildman–Crippen LogP) is 8.33. The summed E-state index contributed by atoms with van der Waals surface area (Å²) in [6.45, 7) is 8.69. The Morgan fingerprint density at radius 2 is 0.889 bits per heavy atom. The molecule has 0 N–H and O–H groups in total. The van der Waals surface area contributed by atoms with Gasteiger partial charge in [0.05, 0.1) is 0 Å². The SMILES string of the molecule is C[Si](C)=[Zr+2].Cc1cc2c(-c3ccccc3)cccc2[n-]1.Cc1cc2c(-c3ccccc3)cccc2[n-]1. The molecule has 6 rings (SSSR count). The van der Waals surface area contributed by atoms with Crippen LogP contribution in [0.2, 0.25) is 13.1 Å². The van der Waals surface area contributed by atoms with Gasteiger partial charge in [-0.05, 0) is 33.0 Å². The van der Waals surface area contributed by atoms with Crippen molar-refractivity contribution in [3.63, 3.8) is 0 Å². The molecule has 2 nitrogen and oxygen atoms in total. The van der Waals surface area contributed by atoms with Gasteiger partial charge in [0.15, 0.2) is 0 Å². The van der Waals surface area contributed by atoms with E-state index in [2.05, 4.69) is 120 Å². The molecular formula is C32H30N2SiZr. The molecule has 0 radical (unpaired) electrons. The molecule has 0 saturated heterocycles. The van der Waals surface area contributed by atoms with Crippen LogP contribution in [0.1, 0.15) is 11.4 Å². The minimum atomic E-state index is 0.210. The van der Waals surface area contributed by atoms with Crippen LogP contribution in [-0.4, -0.2) is 5.43 Å². The van der Waals surface area contributed by atoms with Crippen LogP contribution >= 0.6 is 0 Å². The van der Waals surface area contributed by atoms with Crippen molar-refractivity contribution < 1.29 is 23.3 Å². The summed E-state index contributed by atoms with van der Waals surface area (Å²) in [4.78, 5) is 9.00. The van der Waals surface area contributed by atoms with E-state index in [1.807, 2.05) is 26.0 Å². The Morgan fingerprint density at radius 3 is 1.25 bits per heavy atom. The molecule has 0 bridgehead atoms. The third-order valence-electron chi connectivity index (χ3n) is 5.64. The number of rotatable bonds is 2. The van der Waals surface area contributed by atoms with Gasteiger partial charge in [0, 0.05) is 0 Å². The van der Waals surface area contributed by atoms with Crippen LogP contribution in [0.15, 0.2) is 109 Å². The van der Waals surface area contributed by atoms with Crippen molar-refractivity contribution >= 4 is 27.2 Å². The average Bonchev–Trinajstić information content (AvgIpc) is 3.45. The fraction of sp³-hybridized carbons (Fsp3) is 0.125. The van der Waals surface area contributed by atoms with Gasteiger partial charge in [-0.3, -0.25) is 0 Å². The zero-order valence-electron chi connectivity index (χ0n) is 21.3. The Morgan fingerprint density at radius 1 is 0.528 bits per heavy atom. The number of aryl methyl sites for hydroxylation is 2. The minimum absolute atomic E-state index is 0.210. The first kappa shape index (κ1) is 26.1. The Hall–Kier alpha value is -2.94. The molecular weight excluding hydrogens is 532 g/mol. The van der Waals surface area contributed by atoms with E-state index in [0.717, 1.165) is 22.4 Å². The van der Waals surface area contributed by atoms with E-state index in [0.29, 0.717) is 0 Å². The monoisotopic (exact) mass is 560 g/mol. The van der Waals surface area contributed by atoms with Crippen molar-refractivity contribution in [1.29, 1.82) is 0 Å². The van der Waals surface area contributed by atoms with Gasteiger partial charge in [0.25, 0.3) is 0 Å². The molecule has 0 spiro atoms. The molecule has 0 aliphatic rings. The van der Waals surface area contributed by atoms with E-state index in [-0.39, 0.29) is 5.43 Å². The van der Waals surface area contributed by atoms with Crippen molar-refractivity contribution in [2.45, 2.75) is 26.9 Å². The zero-order chi connectivity index (χ0) is 25.5. The topological polar surface area (TPSA) is 28.2 Å². The number of hydrogen-bond donors (Lipinski definition) is 0. The van der Waals surface area contributed by atoms with Gasteiger partial charge in [0.2, 0.25) is 0 Å². The van der Waals surface area contributed by atoms with Crippen LogP contribution < -0.4 is 9.97 Å². The molecule has 0 saturated carbocycles. The zero-order valence-corrected chi connectivity index (χ0v) is 24.7. The van der Waals surface area contributed by atoms with Gasteiger partial charge in [0.1, 0.15) is 0 Å². The molecule has 0 fully saturated rings. The first-order chi connectivity index (χ1) is 17.4. The fourth-order valence-corrected chi connectivity index (χ4v) is 4.21. The molecule has 0 unspecified atom stereocenters. The number of benzene rings is 4.